The van der Waals surface area contributed by atoms with Crippen LogP contribution in [0.1, 0.15) is 114 Å². The van der Waals surface area contributed by atoms with Crippen molar-refractivity contribution < 1.29 is 17.6 Å². The van der Waals surface area contributed by atoms with Crippen molar-refractivity contribution in [3.8, 4) is 0 Å². The van der Waals surface area contributed by atoms with Crippen LogP contribution in [0.3, 0.4) is 0 Å². The first kappa shape index (κ1) is 32.0. The number of nitrogens with zero attached hydrogens (tertiary/aromatic N) is 1. The number of rotatable bonds is 8. The summed E-state index contributed by atoms with van der Waals surface area (Å²) in [6.45, 7) is 20.0. The third-order valence-corrected chi connectivity index (χ3v) is 17.6. The van der Waals surface area contributed by atoms with Crippen LogP contribution in [0.25, 0.3) is 0 Å². The number of carbonyl (C=O) groups excluding carboxylic acids is 1. The first-order chi connectivity index (χ1) is 19.2. The second kappa shape index (κ2) is 12.3. The molecule has 4 bridgehead atoms. The molecule has 1 aliphatic heterocycles. The van der Waals surface area contributed by atoms with Crippen molar-refractivity contribution in [1.82, 2.24) is 3.97 Å². The van der Waals surface area contributed by atoms with Crippen molar-refractivity contribution in [2.75, 3.05) is 0 Å². The number of benzene rings is 1. The first-order valence-corrected chi connectivity index (χ1v) is 19.3. The summed E-state index contributed by atoms with van der Waals surface area (Å²) < 4.78 is 37.4. The molecule has 0 unspecified atom stereocenters. The molecule has 0 fully saturated rings. The summed E-state index contributed by atoms with van der Waals surface area (Å²) in [5, 5.41) is 0. The zero-order chi connectivity index (χ0) is 30.3. The number of Topliss-reactive ketones (excluding diaryl/α,β-unsaturated/α-hetero) is 1. The van der Waals surface area contributed by atoms with E-state index in [1.165, 1.54) is 3.97 Å². The van der Waals surface area contributed by atoms with Gasteiger partial charge in [0.15, 0.2) is 5.78 Å². The van der Waals surface area contributed by atoms with E-state index in [2.05, 4.69) is 67.5 Å². The van der Waals surface area contributed by atoms with Crippen molar-refractivity contribution in [3.05, 3.63) is 65.0 Å². The van der Waals surface area contributed by atoms with Gasteiger partial charge in [-0.2, -0.15) is 0 Å². The van der Waals surface area contributed by atoms with E-state index in [4.69, 9.17) is 4.43 Å². The Morgan fingerprint density at radius 3 is 2.05 bits per heavy atom. The molecule has 2 heterocycles. The molecule has 7 heteroatoms. The molecule has 0 N–H and O–H groups in total. The summed E-state index contributed by atoms with van der Waals surface area (Å²) in [6.07, 6.45) is 8.12. The number of hydrogen-bond donors (Lipinski definition) is 0. The van der Waals surface area contributed by atoms with Crippen molar-refractivity contribution >= 4 is 24.1 Å². The van der Waals surface area contributed by atoms with Gasteiger partial charge in [0, 0.05) is 11.6 Å². The lowest BCUT2D eigenvalue weighted by Gasteiger charge is -2.46. The molecule has 0 amide bonds. The predicted octanol–water partition coefficient (Wildman–Crippen LogP) is 8.82. The van der Waals surface area contributed by atoms with Crippen molar-refractivity contribution in [2.45, 2.75) is 128 Å². The van der Waals surface area contributed by atoms with Crippen LogP contribution in [0.2, 0.25) is 16.6 Å². The summed E-state index contributed by atoms with van der Waals surface area (Å²) in [5.41, 5.74) is 4.14. The standard InChI is InChI=1S/C34H51NO4SSi/c1-22(2)31-29-21-27-15-13-11-10-12-14-16-30(39-41(23(3)4,24(5)6)25(7)8)32(31)34(36)33(29)35(27)40(37,38)28-19-17-26(9)18-20-28/h10-11,17-25,30-32H,12-16H2,1-9H3/b11-10+/t30-,31-,32+/m0/s1. The van der Waals surface area contributed by atoms with Crippen LogP contribution in [-0.2, 0) is 20.9 Å². The van der Waals surface area contributed by atoms with Crippen LogP contribution in [0, 0.1) is 18.8 Å². The zero-order valence-corrected chi connectivity index (χ0v) is 28.4. The highest BCUT2D eigenvalue weighted by molar-refractivity contribution is 7.90. The molecule has 2 aromatic rings. The van der Waals surface area contributed by atoms with E-state index in [9.17, 15) is 13.2 Å². The minimum absolute atomic E-state index is 0.0583. The van der Waals surface area contributed by atoms with Gasteiger partial charge in [-0.05, 0) is 85.3 Å². The molecule has 5 nitrogen and oxygen atoms in total. The lowest BCUT2D eigenvalue weighted by molar-refractivity contribution is 0.0594. The van der Waals surface area contributed by atoms with Crippen molar-refractivity contribution in [2.24, 2.45) is 11.8 Å². The van der Waals surface area contributed by atoms with E-state index in [0.29, 0.717) is 34.4 Å². The Kier molecular flexibility index (Phi) is 9.62. The molecule has 41 heavy (non-hydrogen) atoms. The van der Waals surface area contributed by atoms with Crippen LogP contribution in [0.4, 0.5) is 0 Å². The maximum Gasteiger partial charge on any atom is 0.268 e. The van der Waals surface area contributed by atoms with Gasteiger partial charge in [0.2, 0.25) is 8.32 Å². The van der Waals surface area contributed by atoms with E-state index in [1.54, 1.807) is 12.1 Å². The van der Waals surface area contributed by atoms with E-state index in [-0.39, 0.29) is 34.5 Å². The monoisotopic (exact) mass is 597 g/mol. The highest BCUT2D eigenvalue weighted by Crippen LogP contribution is 2.51. The van der Waals surface area contributed by atoms with E-state index >= 15 is 0 Å². The normalized spacial score (nSPS) is 23.0. The van der Waals surface area contributed by atoms with Gasteiger partial charge >= 0.3 is 0 Å². The minimum Gasteiger partial charge on any atom is -0.412 e. The van der Waals surface area contributed by atoms with Crippen LogP contribution >= 0.6 is 0 Å². The lowest BCUT2D eigenvalue weighted by atomic mass is 9.79. The fraction of sp³-hybridized carbons (Fsp3) is 0.618. The van der Waals surface area contributed by atoms with Crippen LogP contribution < -0.4 is 0 Å². The zero-order valence-electron chi connectivity index (χ0n) is 26.6. The molecule has 5 rings (SSSR count). The van der Waals surface area contributed by atoms with Crippen LogP contribution in [-0.4, -0.2) is 32.6 Å². The molecule has 1 aromatic heterocycles. The minimum atomic E-state index is -3.96. The van der Waals surface area contributed by atoms with Gasteiger partial charge in [-0.15, -0.1) is 0 Å². The van der Waals surface area contributed by atoms with E-state index in [1.807, 2.05) is 25.1 Å². The molecule has 226 valence electrons. The summed E-state index contributed by atoms with van der Waals surface area (Å²) in [7, 11) is -6.27. The van der Waals surface area contributed by atoms with Crippen LogP contribution in [0.5, 0.6) is 0 Å². The lowest BCUT2D eigenvalue weighted by Crippen LogP contribution is -2.52. The number of allylic oxidation sites excluding steroid dienone is 2. The molecule has 2 aliphatic carbocycles. The maximum absolute atomic E-state index is 14.7. The highest BCUT2D eigenvalue weighted by Gasteiger charge is 2.53. The number of hydrogen-bond acceptors (Lipinski definition) is 4. The topological polar surface area (TPSA) is 65.4 Å². The maximum atomic E-state index is 14.7. The average molecular weight is 598 g/mol. The number of aryl methyl sites for hydroxylation is 2. The Morgan fingerprint density at radius 2 is 1.49 bits per heavy atom. The number of ketones is 1. The smallest absolute Gasteiger partial charge is 0.268 e. The SMILES string of the molecule is Cc1ccc(S(=O)(=O)n2c3cc4c2C(=O)[C@H]([C@@H](O[Si](C(C)C)(C(C)C)C(C)C)CCC/C=C/CC3)[C@H]4C(C)C)cc1. The predicted molar refractivity (Wildman–Crippen MR) is 171 cm³/mol. The van der Waals surface area contributed by atoms with E-state index < -0.39 is 18.3 Å². The van der Waals surface area contributed by atoms with Crippen molar-refractivity contribution in [3.63, 3.8) is 0 Å². The third kappa shape index (κ3) is 5.71. The number of carbonyl (C=O) groups is 1. The molecule has 3 atom stereocenters. The Bertz CT molecular complexity index is 1350. The first-order valence-electron chi connectivity index (χ1n) is 15.7. The second-order valence-electron chi connectivity index (χ2n) is 13.6. The van der Waals surface area contributed by atoms with Gasteiger partial charge in [0.1, 0.15) is 5.69 Å². The Morgan fingerprint density at radius 1 is 0.902 bits per heavy atom. The summed E-state index contributed by atoms with van der Waals surface area (Å²) >= 11 is 0. The number of fused-ring (bicyclic) bond motifs is 6. The molecule has 0 saturated carbocycles. The van der Waals surface area contributed by atoms with Gasteiger partial charge in [-0.1, -0.05) is 85.2 Å². The molecule has 1 aromatic carbocycles. The van der Waals surface area contributed by atoms with Gasteiger partial charge in [0.25, 0.3) is 10.0 Å². The van der Waals surface area contributed by atoms with Crippen molar-refractivity contribution in [1.29, 1.82) is 0 Å². The summed E-state index contributed by atoms with van der Waals surface area (Å²) in [5.74, 6) is -0.362. The van der Waals surface area contributed by atoms with E-state index in [0.717, 1.165) is 36.8 Å². The molecule has 0 radical (unpaired) electrons. The Labute approximate surface area is 250 Å². The fourth-order valence-corrected chi connectivity index (χ4v) is 15.1. The Balaban J connectivity index is 1.94. The second-order valence-corrected chi connectivity index (χ2v) is 20.8. The molecule has 0 saturated heterocycles. The third-order valence-electron chi connectivity index (χ3n) is 9.68. The Hall–Kier alpha value is -1.96. The highest BCUT2D eigenvalue weighted by atomic mass is 32.2. The quantitative estimate of drug-likeness (QED) is 0.225. The average Bonchev–Trinajstić information content (AvgIpc) is 3.39. The molecule has 0 spiro atoms. The summed E-state index contributed by atoms with van der Waals surface area (Å²) in [4.78, 5) is 15.0. The van der Waals surface area contributed by atoms with Gasteiger partial charge in [-0.3, -0.25) is 4.79 Å². The summed E-state index contributed by atoms with van der Waals surface area (Å²) in [6, 6.07) is 8.99. The van der Waals surface area contributed by atoms with Crippen LogP contribution in [0.15, 0.2) is 47.4 Å². The largest absolute Gasteiger partial charge is 0.412 e. The van der Waals surface area contributed by atoms with Gasteiger partial charge in [-0.25, -0.2) is 12.4 Å². The number of aromatic nitrogens is 1. The molecular formula is C34H51NO4SSi. The van der Waals surface area contributed by atoms with Gasteiger partial charge in [0.05, 0.1) is 16.9 Å². The molecular weight excluding hydrogens is 547 g/mol. The van der Waals surface area contributed by atoms with Gasteiger partial charge < -0.3 is 4.43 Å². The molecule has 3 aliphatic rings. The fourth-order valence-electron chi connectivity index (χ4n) is 7.90.